The van der Waals surface area contributed by atoms with Crippen LogP contribution >= 0.6 is 0 Å². The number of piperidine rings is 1. The Balaban J connectivity index is 1.38. The highest BCUT2D eigenvalue weighted by Crippen LogP contribution is 2.27. The zero-order valence-electron chi connectivity index (χ0n) is 14.7. The second-order valence-electron chi connectivity index (χ2n) is 7.09. The number of carbonyl (C=O) groups excluding carboxylic acids is 3. The lowest BCUT2D eigenvalue weighted by molar-refractivity contribution is -0.137. The monoisotopic (exact) mass is 357 g/mol. The molecule has 0 radical (unpaired) electrons. The second kappa shape index (κ2) is 7.07. The summed E-state index contributed by atoms with van der Waals surface area (Å²) in [6.45, 7) is 2.55. The number of hydrogen-bond acceptors (Lipinski definition) is 4. The van der Waals surface area contributed by atoms with E-state index in [1.54, 1.807) is 17.0 Å². The Morgan fingerprint density at radius 2 is 1.77 bits per heavy atom. The van der Waals surface area contributed by atoms with Crippen molar-refractivity contribution in [2.75, 3.05) is 37.7 Å². The molecule has 0 N–H and O–H groups in total. The van der Waals surface area contributed by atoms with Crippen molar-refractivity contribution in [2.45, 2.75) is 25.3 Å². The minimum atomic E-state index is -0.254. The molecular formula is C19H23N3O4. The van der Waals surface area contributed by atoms with E-state index < -0.39 is 0 Å². The number of nitrogens with zero attached hydrogens (tertiary/aromatic N) is 3. The third-order valence-corrected chi connectivity index (χ3v) is 5.50. The van der Waals surface area contributed by atoms with Crippen LogP contribution in [0.5, 0.6) is 0 Å². The van der Waals surface area contributed by atoms with E-state index in [-0.39, 0.29) is 36.3 Å². The van der Waals surface area contributed by atoms with Crippen molar-refractivity contribution in [1.29, 1.82) is 0 Å². The van der Waals surface area contributed by atoms with Gasteiger partial charge in [0.05, 0.1) is 18.2 Å². The molecule has 4 rings (SSSR count). The van der Waals surface area contributed by atoms with E-state index >= 15 is 0 Å². The zero-order chi connectivity index (χ0) is 18.1. The number of anilines is 1. The topological polar surface area (TPSA) is 70.2 Å². The first kappa shape index (κ1) is 17.0. The molecule has 3 saturated heterocycles. The van der Waals surface area contributed by atoms with Gasteiger partial charge in [0.2, 0.25) is 5.91 Å². The van der Waals surface area contributed by atoms with E-state index in [1.807, 2.05) is 23.1 Å². The number of para-hydroxylation sites is 1. The van der Waals surface area contributed by atoms with Gasteiger partial charge in [-0.3, -0.25) is 9.59 Å². The highest BCUT2D eigenvalue weighted by Gasteiger charge is 2.42. The fraction of sp³-hybridized carbons (Fsp3) is 0.526. The summed E-state index contributed by atoms with van der Waals surface area (Å²) < 4.78 is 5.31. The van der Waals surface area contributed by atoms with E-state index in [4.69, 9.17) is 4.74 Å². The largest absolute Gasteiger partial charge is 0.381 e. The van der Waals surface area contributed by atoms with Crippen LogP contribution in [-0.4, -0.2) is 66.5 Å². The Morgan fingerprint density at radius 3 is 2.42 bits per heavy atom. The molecule has 26 heavy (non-hydrogen) atoms. The van der Waals surface area contributed by atoms with Crippen LogP contribution in [-0.2, 0) is 14.3 Å². The first-order valence-corrected chi connectivity index (χ1v) is 9.20. The normalized spacial score (nSPS) is 24.6. The highest BCUT2D eigenvalue weighted by atomic mass is 16.5. The number of rotatable bonds is 3. The Morgan fingerprint density at radius 1 is 1.04 bits per heavy atom. The van der Waals surface area contributed by atoms with E-state index in [0.717, 1.165) is 6.42 Å². The molecule has 0 spiro atoms. The molecule has 0 saturated carbocycles. The fourth-order valence-electron chi connectivity index (χ4n) is 4.02. The number of likely N-dealkylation sites (tertiary alicyclic amines) is 1. The molecule has 7 nitrogen and oxygen atoms in total. The number of ether oxygens (including phenoxy) is 1. The molecule has 7 heteroatoms. The molecule has 1 aromatic rings. The molecule has 138 valence electrons. The predicted molar refractivity (Wildman–Crippen MR) is 94.6 cm³/mol. The van der Waals surface area contributed by atoms with Gasteiger partial charge < -0.3 is 14.5 Å². The summed E-state index contributed by atoms with van der Waals surface area (Å²) in [5.41, 5.74) is 0.610. The first-order valence-electron chi connectivity index (χ1n) is 9.20. The number of amides is 4. The van der Waals surface area contributed by atoms with Crippen molar-refractivity contribution in [1.82, 2.24) is 9.80 Å². The summed E-state index contributed by atoms with van der Waals surface area (Å²) >= 11 is 0. The van der Waals surface area contributed by atoms with Gasteiger partial charge in [0.15, 0.2) is 0 Å². The van der Waals surface area contributed by atoms with Crippen LogP contribution in [0.4, 0.5) is 10.5 Å². The van der Waals surface area contributed by atoms with E-state index in [1.165, 1.54) is 4.90 Å². The van der Waals surface area contributed by atoms with Gasteiger partial charge in [0.1, 0.15) is 6.54 Å². The molecule has 3 fully saturated rings. The van der Waals surface area contributed by atoms with Crippen molar-refractivity contribution >= 4 is 23.5 Å². The minimum absolute atomic E-state index is 0.00374. The van der Waals surface area contributed by atoms with E-state index in [0.29, 0.717) is 44.8 Å². The quantitative estimate of drug-likeness (QED) is 0.769. The van der Waals surface area contributed by atoms with Gasteiger partial charge in [0, 0.05) is 25.7 Å². The molecule has 3 aliphatic rings. The van der Waals surface area contributed by atoms with Gasteiger partial charge in [-0.2, -0.15) is 0 Å². The van der Waals surface area contributed by atoms with Gasteiger partial charge in [-0.05, 0) is 31.4 Å². The van der Waals surface area contributed by atoms with Crippen LogP contribution < -0.4 is 4.90 Å². The third-order valence-electron chi connectivity index (χ3n) is 5.50. The number of imide groups is 1. The SMILES string of the molecule is O=C([C@H]1CCOC1)N1CCC(N2CC(=O)N(c3ccccc3)C2=O)CC1. The van der Waals surface area contributed by atoms with Gasteiger partial charge >= 0.3 is 6.03 Å². The van der Waals surface area contributed by atoms with Crippen molar-refractivity contribution in [3.63, 3.8) is 0 Å². The van der Waals surface area contributed by atoms with Gasteiger partial charge in [-0.25, -0.2) is 9.69 Å². The minimum Gasteiger partial charge on any atom is -0.381 e. The van der Waals surface area contributed by atoms with Crippen LogP contribution in [0.3, 0.4) is 0 Å². The molecule has 0 unspecified atom stereocenters. The van der Waals surface area contributed by atoms with Crippen LogP contribution in [0, 0.1) is 5.92 Å². The zero-order valence-corrected chi connectivity index (χ0v) is 14.7. The third kappa shape index (κ3) is 3.07. The molecular weight excluding hydrogens is 334 g/mol. The van der Waals surface area contributed by atoms with Crippen LogP contribution in [0.1, 0.15) is 19.3 Å². The number of carbonyl (C=O) groups is 3. The van der Waals surface area contributed by atoms with Gasteiger partial charge in [-0.1, -0.05) is 18.2 Å². The van der Waals surface area contributed by atoms with Crippen molar-refractivity contribution in [3.8, 4) is 0 Å². The molecule has 4 amide bonds. The molecule has 1 atom stereocenters. The summed E-state index contributed by atoms with van der Waals surface area (Å²) in [7, 11) is 0. The number of urea groups is 1. The molecule has 3 aliphatic heterocycles. The maximum atomic E-state index is 12.8. The molecule has 3 heterocycles. The summed E-state index contributed by atoms with van der Waals surface area (Å²) in [4.78, 5) is 42.4. The lowest BCUT2D eigenvalue weighted by Gasteiger charge is -2.37. The lowest BCUT2D eigenvalue weighted by atomic mass is 10.0. The summed E-state index contributed by atoms with van der Waals surface area (Å²) in [6.07, 6.45) is 2.21. The Hall–Kier alpha value is -2.41. The lowest BCUT2D eigenvalue weighted by Crippen LogP contribution is -2.49. The molecule has 0 bridgehead atoms. The summed E-state index contributed by atoms with van der Waals surface area (Å²) in [5, 5.41) is 0. The summed E-state index contributed by atoms with van der Waals surface area (Å²) in [6, 6.07) is 8.77. The number of hydrogen-bond donors (Lipinski definition) is 0. The second-order valence-corrected chi connectivity index (χ2v) is 7.09. The van der Waals surface area contributed by atoms with Crippen LogP contribution in [0.15, 0.2) is 30.3 Å². The predicted octanol–water partition coefficient (Wildman–Crippen LogP) is 1.48. The first-order chi connectivity index (χ1) is 12.6. The van der Waals surface area contributed by atoms with Crippen molar-refractivity contribution < 1.29 is 19.1 Å². The Labute approximate surface area is 152 Å². The number of benzene rings is 1. The maximum absolute atomic E-state index is 12.8. The van der Waals surface area contributed by atoms with Crippen molar-refractivity contribution in [3.05, 3.63) is 30.3 Å². The smallest absolute Gasteiger partial charge is 0.332 e. The average Bonchev–Trinajstić information content (AvgIpc) is 3.30. The van der Waals surface area contributed by atoms with E-state index in [9.17, 15) is 14.4 Å². The summed E-state index contributed by atoms with van der Waals surface area (Å²) in [5.74, 6) is -0.0476. The van der Waals surface area contributed by atoms with Crippen LogP contribution in [0.2, 0.25) is 0 Å². The molecule has 0 aliphatic carbocycles. The van der Waals surface area contributed by atoms with E-state index in [2.05, 4.69) is 0 Å². The van der Waals surface area contributed by atoms with Crippen molar-refractivity contribution in [2.24, 2.45) is 5.92 Å². The van der Waals surface area contributed by atoms with Crippen LogP contribution in [0.25, 0.3) is 0 Å². The maximum Gasteiger partial charge on any atom is 0.332 e. The standard InChI is InChI=1S/C19H23N3O4/c23-17-12-21(19(25)22(17)16-4-2-1-3-5-16)15-6-9-20(10-7-15)18(24)14-8-11-26-13-14/h1-5,14-15H,6-13H2/t14-/m0/s1. The average molecular weight is 357 g/mol. The van der Waals surface area contributed by atoms with Gasteiger partial charge in [-0.15, -0.1) is 0 Å². The Bertz CT molecular complexity index is 694. The molecule has 0 aromatic heterocycles. The Kier molecular flexibility index (Phi) is 4.63. The van der Waals surface area contributed by atoms with Gasteiger partial charge in [0.25, 0.3) is 5.91 Å². The highest BCUT2D eigenvalue weighted by molar-refractivity contribution is 6.19. The molecule has 1 aromatic carbocycles. The fourth-order valence-corrected chi connectivity index (χ4v) is 4.02.